The van der Waals surface area contributed by atoms with Gasteiger partial charge in [-0.1, -0.05) is 6.58 Å². The van der Waals surface area contributed by atoms with Gasteiger partial charge in [0.1, 0.15) is 6.61 Å². The zero-order chi connectivity index (χ0) is 17.7. The van der Waals surface area contributed by atoms with Crippen LogP contribution in [-0.4, -0.2) is 56.0 Å². The average Bonchev–Trinajstić information content (AvgIpc) is 2.55. The largest absolute Gasteiger partial charge is 0.370 e. The van der Waals surface area contributed by atoms with Crippen LogP contribution in [0, 0.1) is 6.92 Å². The Kier molecular flexibility index (Phi) is 5.70. The van der Waals surface area contributed by atoms with E-state index in [1.807, 2.05) is 6.92 Å². The summed E-state index contributed by atoms with van der Waals surface area (Å²) in [4.78, 5) is 38.2. The Hall–Kier alpha value is -2.67. The first kappa shape index (κ1) is 17.7. The number of nitrogens with one attached hydrogen (secondary N) is 1. The van der Waals surface area contributed by atoms with Gasteiger partial charge < -0.3 is 19.9 Å². The SMILES string of the molecule is C=CC(=O)N(C)CC(=O)Nc1ccc(N2CCOCC2=O)c(C)c1. The Morgan fingerprint density at radius 3 is 2.83 bits per heavy atom. The van der Waals surface area contributed by atoms with E-state index in [-0.39, 0.29) is 30.9 Å². The Morgan fingerprint density at radius 2 is 2.21 bits per heavy atom. The molecule has 1 saturated heterocycles. The normalized spacial score (nSPS) is 14.2. The van der Waals surface area contributed by atoms with Gasteiger partial charge in [-0.2, -0.15) is 0 Å². The van der Waals surface area contributed by atoms with Crippen LogP contribution in [0.25, 0.3) is 0 Å². The van der Waals surface area contributed by atoms with Gasteiger partial charge in [-0.05, 0) is 36.8 Å². The van der Waals surface area contributed by atoms with Crippen molar-refractivity contribution < 1.29 is 19.1 Å². The molecular formula is C17H21N3O4. The molecule has 1 fully saturated rings. The van der Waals surface area contributed by atoms with Crippen molar-refractivity contribution in [3.8, 4) is 0 Å². The number of amides is 3. The molecule has 0 aliphatic carbocycles. The quantitative estimate of drug-likeness (QED) is 0.815. The molecule has 7 heteroatoms. The van der Waals surface area contributed by atoms with E-state index in [2.05, 4.69) is 11.9 Å². The summed E-state index contributed by atoms with van der Waals surface area (Å²) in [5.74, 6) is -0.699. The van der Waals surface area contributed by atoms with Gasteiger partial charge >= 0.3 is 0 Å². The van der Waals surface area contributed by atoms with Crippen LogP contribution < -0.4 is 10.2 Å². The second-order valence-electron chi connectivity index (χ2n) is 5.55. The minimum absolute atomic E-state index is 0.0619. The van der Waals surface area contributed by atoms with Crippen LogP contribution in [0.1, 0.15) is 5.56 Å². The minimum Gasteiger partial charge on any atom is -0.370 e. The van der Waals surface area contributed by atoms with Crippen molar-refractivity contribution in [3.05, 3.63) is 36.4 Å². The lowest BCUT2D eigenvalue weighted by Crippen LogP contribution is -2.42. The molecule has 0 atom stereocenters. The van der Waals surface area contributed by atoms with Crippen molar-refractivity contribution >= 4 is 29.1 Å². The first-order valence-corrected chi connectivity index (χ1v) is 7.58. The second kappa shape index (κ2) is 7.74. The van der Waals surface area contributed by atoms with Gasteiger partial charge in [0.2, 0.25) is 11.8 Å². The highest BCUT2D eigenvalue weighted by molar-refractivity contribution is 5.98. The molecule has 1 aromatic rings. The fourth-order valence-electron chi connectivity index (χ4n) is 2.46. The van der Waals surface area contributed by atoms with E-state index >= 15 is 0 Å². The number of ether oxygens (including phenoxy) is 1. The number of morpholine rings is 1. The lowest BCUT2D eigenvalue weighted by Gasteiger charge is -2.28. The van der Waals surface area contributed by atoms with Crippen LogP contribution in [0.4, 0.5) is 11.4 Å². The lowest BCUT2D eigenvalue weighted by atomic mass is 10.1. The highest BCUT2D eigenvalue weighted by Gasteiger charge is 2.21. The Balaban J connectivity index is 2.04. The number of hydrogen-bond donors (Lipinski definition) is 1. The topological polar surface area (TPSA) is 79.0 Å². The zero-order valence-electron chi connectivity index (χ0n) is 13.9. The van der Waals surface area contributed by atoms with Gasteiger partial charge in [-0.25, -0.2) is 0 Å². The summed E-state index contributed by atoms with van der Waals surface area (Å²) in [6.45, 7) is 6.30. The van der Waals surface area contributed by atoms with Crippen molar-refractivity contribution in [2.24, 2.45) is 0 Å². The van der Waals surface area contributed by atoms with E-state index in [0.717, 1.165) is 17.3 Å². The molecule has 24 heavy (non-hydrogen) atoms. The number of rotatable bonds is 5. The molecule has 3 amide bonds. The molecule has 1 heterocycles. The predicted molar refractivity (Wildman–Crippen MR) is 90.8 cm³/mol. The summed E-state index contributed by atoms with van der Waals surface area (Å²) in [5, 5.41) is 2.74. The summed E-state index contributed by atoms with van der Waals surface area (Å²) in [6, 6.07) is 5.33. The van der Waals surface area contributed by atoms with E-state index in [4.69, 9.17) is 4.74 Å². The molecule has 1 aliphatic heterocycles. The Bertz CT molecular complexity index is 672. The van der Waals surface area contributed by atoms with Crippen LogP contribution >= 0.6 is 0 Å². The highest BCUT2D eigenvalue weighted by atomic mass is 16.5. The van der Waals surface area contributed by atoms with E-state index in [1.54, 1.807) is 23.1 Å². The summed E-state index contributed by atoms with van der Waals surface area (Å²) in [7, 11) is 1.53. The maximum absolute atomic E-state index is 12.0. The molecule has 7 nitrogen and oxygen atoms in total. The van der Waals surface area contributed by atoms with Gasteiger partial charge in [0.25, 0.3) is 5.91 Å². The molecule has 128 valence electrons. The van der Waals surface area contributed by atoms with Gasteiger partial charge in [0, 0.05) is 25.0 Å². The fraction of sp³-hybridized carbons (Fsp3) is 0.353. The van der Waals surface area contributed by atoms with Gasteiger partial charge in [-0.15, -0.1) is 0 Å². The summed E-state index contributed by atoms with van der Waals surface area (Å²) in [5.41, 5.74) is 2.29. The lowest BCUT2D eigenvalue weighted by molar-refractivity contribution is -0.129. The summed E-state index contributed by atoms with van der Waals surface area (Å²) in [6.07, 6.45) is 1.16. The molecule has 2 rings (SSSR count). The Morgan fingerprint density at radius 1 is 1.46 bits per heavy atom. The predicted octanol–water partition coefficient (Wildman–Crippen LogP) is 0.941. The van der Waals surface area contributed by atoms with Crippen LogP contribution in [0.2, 0.25) is 0 Å². The minimum atomic E-state index is -0.317. The van der Waals surface area contributed by atoms with Crippen molar-refractivity contribution in [3.63, 3.8) is 0 Å². The third-order valence-corrected chi connectivity index (χ3v) is 3.69. The molecular weight excluding hydrogens is 310 g/mol. The number of likely N-dealkylation sites (N-methyl/N-ethyl adjacent to an activating group) is 1. The molecule has 0 aromatic heterocycles. The average molecular weight is 331 g/mol. The van der Waals surface area contributed by atoms with Crippen LogP contribution in [-0.2, 0) is 19.1 Å². The molecule has 0 saturated carbocycles. The standard InChI is InChI=1S/C17H21N3O4/c1-4-16(22)19(3)10-15(21)18-13-5-6-14(12(2)9-13)20-7-8-24-11-17(20)23/h4-6,9H,1,7-8,10-11H2,2-3H3,(H,18,21). The molecule has 0 spiro atoms. The Labute approximate surface area is 140 Å². The van der Waals surface area contributed by atoms with E-state index in [1.165, 1.54) is 11.9 Å². The number of nitrogens with zero attached hydrogens (tertiary/aromatic N) is 2. The third-order valence-electron chi connectivity index (χ3n) is 3.69. The monoisotopic (exact) mass is 331 g/mol. The van der Waals surface area contributed by atoms with Crippen molar-refractivity contribution in [2.45, 2.75) is 6.92 Å². The number of hydrogen-bond acceptors (Lipinski definition) is 4. The zero-order valence-corrected chi connectivity index (χ0v) is 13.9. The van der Waals surface area contributed by atoms with Crippen molar-refractivity contribution in [1.29, 1.82) is 0 Å². The maximum Gasteiger partial charge on any atom is 0.253 e. The molecule has 0 bridgehead atoms. The number of anilines is 2. The van der Waals surface area contributed by atoms with Crippen LogP contribution in [0.3, 0.4) is 0 Å². The summed E-state index contributed by atoms with van der Waals surface area (Å²) < 4.78 is 5.13. The molecule has 1 aliphatic rings. The van der Waals surface area contributed by atoms with E-state index in [9.17, 15) is 14.4 Å². The van der Waals surface area contributed by atoms with Gasteiger partial charge in [0.15, 0.2) is 0 Å². The molecule has 0 unspecified atom stereocenters. The number of benzene rings is 1. The second-order valence-corrected chi connectivity index (χ2v) is 5.55. The highest BCUT2D eigenvalue weighted by Crippen LogP contribution is 2.24. The molecule has 1 N–H and O–H groups in total. The smallest absolute Gasteiger partial charge is 0.253 e. The summed E-state index contributed by atoms with van der Waals surface area (Å²) >= 11 is 0. The van der Waals surface area contributed by atoms with Crippen LogP contribution in [0.5, 0.6) is 0 Å². The first-order valence-electron chi connectivity index (χ1n) is 7.58. The third kappa shape index (κ3) is 4.20. The van der Waals surface area contributed by atoms with Crippen molar-refractivity contribution in [2.75, 3.05) is 43.6 Å². The van der Waals surface area contributed by atoms with E-state index in [0.29, 0.717) is 18.8 Å². The van der Waals surface area contributed by atoms with Gasteiger partial charge in [-0.3, -0.25) is 14.4 Å². The number of carbonyl (C=O) groups is 3. The fourth-order valence-corrected chi connectivity index (χ4v) is 2.46. The number of aryl methyl sites for hydroxylation is 1. The van der Waals surface area contributed by atoms with Crippen LogP contribution in [0.15, 0.2) is 30.9 Å². The molecule has 0 radical (unpaired) electrons. The first-order chi connectivity index (χ1) is 11.4. The molecule has 1 aromatic carbocycles. The van der Waals surface area contributed by atoms with Crippen molar-refractivity contribution in [1.82, 2.24) is 4.90 Å². The van der Waals surface area contributed by atoms with Gasteiger partial charge in [0.05, 0.1) is 13.2 Å². The maximum atomic E-state index is 12.0. The van der Waals surface area contributed by atoms with E-state index < -0.39 is 0 Å². The number of carbonyl (C=O) groups excluding carboxylic acids is 3.